The van der Waals surface area contributed by atoms with Crippen molar-refractivity contribution in [3.8, 4) is 21.7 Å². The Morgan fingerprint density at radius 2 is 2.00 bits per heavy atom. The summed E-state index contributed by atoms with van der Waals surface area (Å²) in [6.45, 7) is 0. The number of amides is 1. The SMILES string of the molecule is Cn1ncc(Cl)c1-c1cc(-c2ccccc2C(N)=O)sc1Cl. The van der Waals surface area contributed by atoms with E-state index in [1.54, 1.807) is 30.1 Å². The van der Waals surface area contributed by atoms with Gasteiger partial charge >= 0.3 is 0 Å². The lowest BCUT2D eigenvalue weighted by molar-refractivity contribution is 0.100. The van der Waals surface area contributed by atoms with E-state index >= 15 is 0 Å². The molecule has 1 aromatic carbocycles. The Morgan fingerprint density at radius 3 is 2.64 bits per heavy atom. The minimum absolute atomic E-state index is 0.461. The Morgan fingerprint density at radius 1 is 1.27 bits per heavy atom. The Balaban J connectivity index is 2.17. The molecule has 0 saturated heterocycles. The van der Waals surface area contributed by atoms with Crippen LogP contribution in [0.3, 0.4) is 0 Å². The average molecular weight is 352 g/mol. The molecule has 0 spiro atoms. The summed E-state index contributed by atoms with van der Waals surface area (Å²) >= 11 is 13.9. The van der Waals surface area contributed by atoms with Crippen molar-refractivity contribution in [3.05, 3.63) is 51.5 Å². The predicted molar refractivity (Wildman–Crippen MR) is 90.5 cm³/mol. The molecule has 0 atom stereocenters. The van der Waals surface area contributed by atoms with Gasteiger partial charge in [0.05, 0.1) is 16.9 Å². The summed E-state index contributed by atoms with van der Waals surface area (Å²) in [5.74, 6) is -0.472. The number of nitrogens with zero attached hydrogens (tertiary/aromatic N) is 2. The fraction of sp³-hybridized carbons (Fsp3) is 0.0667. The molecule has 0 unspecified atom stereocenters. The van der Waals surface area contributed by atoms with Gasteiger partial charge in [0.25, 0.3) is 0 Å². The second-order valence-corrected chi connectivity index (χ2v) is 6.73. The Bertz CT molecular complexity index is 850. The first-order valence-electron chi connectivity index (χ1n) is 6.35. The van der Waals surface area contributed by atoms with E-state index < -0.39 is 5.91 Å². The van der Waals surface area contributed by atoms with E-state index in [4.69, 9.17) is 28.9 Å². The standard InChI is InChI=1S/C15H11Cl2N3OS/c1-20-13(11(16)7-19-20)10-6-12(22-14(10)17)8-4-2-3-5-9(8)15(18)21/h2-7H,1H3,(H2,18,21). The molecule has 2 heterocycles. The van der Waals surface area contributed by atoms with Gasteiger partial charge in [-0.3, -0.25) is 9.48 Å². The number of hydrogen-bond donors (Lipinski definition) is 1. The van der Waals surface area contributed by atoms with E-state index in [-0.39, 0.29) is 0 Å². The van der Waals surface area contributed by atoms with Crippen LogP contribution in [0.5, 0.6) is 0 Å². The van der Waals surface area contributed by atoms with Gasteiger partial charge in [-0.25, -0.2) is 0 Å². The number of nitrogens with two attached hydrogens (primary N) is 1. The summed E-state index contributed by atoms with van der Waals surface area (Å²) < 4.78 is 2.25. The van der Waals surface area contributed by atoms with Crippen LogP contribution < -0.4 is 5.73 Å². The number of carbonyl (C=O) groups excluding carboxylic acids is 1. The third-order valence-corrected chi connectivity index (χ3v) is 4.96. The van der Waals surface area contributed by atoms with Crippen molar-refractivity contribution in [2.75, 3.05) is 0 Å². The van der Waals surface area contributed by atoms with Crippen LogP contribution >= 0.6 is 34.5 Å². The van der Waals surface area contributed by atoms with Gasteiger partial charge in [-0.05, 0) is 12.1 Å². The zero-order chi connectivity index (χ0) is 15.9. The van der Waals surface area contributed by atoms with E-state index in [2.05, 4.69) is 5.10 Å². The van der Waals surface area contributed by atoms with Crippen LogP contribution in [0.15, 0.2) is 36.5 Å². The van der Waals surface area contributed by atoms with Crippen molar-refractivity contribution in [1.29, 1.82) is 0 Å². The van der Waals surface area contributed by atoms with Crippen molar-refractivity contribution >= 4 is 40.4 Å². The number of carbonyl (C=O) groups is 1. The number of hydrogen-bond acceptors (Lipinski definition) is 3. The third kappa shape index (κ3) is 2.52. The smallest absolute Gasteiger partial charge is 0.249 e. The van der Waals surface area contributed by atoms with Crippen molar-refractivity contribution in [1.82, 2.24) is 9.78 Å². The molecule has 0 bridgehead atoms. The molecule has 2 N–H and O–H groups in total. The molecule has 0 aliphatic heterocycles. The molecular weight excluding hydrogens is 341 g/mol. The largest absolute Gasteiger partial charge is 0.366 e. The van der Waals surface area contributed by atoms with Gasteiger partial charge in [-0.2, -0.15) is 5.10 Å². The second kappa shape index (κ2) is 5.76. The normalized spacial score (nSPS) is 10.9. The van der Waals surface area contributed by atoms with E-state index in [0.717, 1.165) is 21.7 Å². The van der Waals surface area contributed by atoms with E-state index in [0.29, 0.717) is 14.9 Å². The Labute approximate surface area is 141 Å². The van der Waals surface area contributed by atoms with Gasteiger partial charge in [0, 0.05) is 28.6 Å². The molecule has 3 aromatic rings. The Hall–Kier alpha value is -1.82. The van der Waals surface area contributed by atoms with Crippen LogP contribution in [-0.2, 0) is 7.05 Å². The molecule has 3 rings (SSSR count). The molecule has 0 aliphatic carbocycles. The fourth-order valence-electron chi connectivity index (χ4n) is 2.29. The van der Waals surface area contributed by atoms with Gasteiger partial charge in [0.2, 0.25) is 5.91 Å². The highest BCUT2D eigenvalue weighted by Gasteiger charge is 2.19. The molecule has 1 amide bonds. The molecule has 0 aliphatic rings. The maximum atomic E-state index is 11.6. The van der Waals surface area contributed by atoms with E-state index in [1.807, 2.05) is 18.2 Å². The van der Waals surface area contributed by atoms with Crippen LogP contribution in [0, 0.1) is 0 Å². The Kier molecular flexibility index (Phi) is 3.95. The van der Waals surface area contributed by atoms with Gasteiger partial charge in [-0.1, -0.05) is 41.4 Å². The zero-order valence-corrected chi connectivity index (χ0v) is 13.8. The molecule has 4 nitrogen and oxygen atoms in total. The number of rotatable bonds is 3. The fourth-order valence-corrected chi connectivity index (χ4v) is 3.87. The van der Waals surface area contributed by atoms with Gasteiger partial charge in [-0.15, -0.1) is 11.3 Å². The van der Waals surface area contributed by atoms with E-state index in [9.17, 15) is 4.79 Å². The highest BCUT2D eigenvalue weighted by Crippen LogP contribution is 2.43. The maximum absolute atomic E-state index is 11.6. The number of benzene rings is 1. The minimum atomic E-state index is -0.472. The van der Waals surface area contributed by atoms with Gasteiger partial charge in [0.1, 0.15) is 4.34 Å². The second-order valence-electron chi connectivity index (χ2n) is 4.67. The van der Waals surface area contributed by atoms with Gasteiger partial charge < -0.3 is 5.73 Å². The van der Waals surface area contributed by atoms with Crippen LogP contribution in [0.1, 0.15) is 10.4 Å². The summed E-state index contributed by atoms with van der Waals surface area (Å²) in [7, 11) is 1.80. The molecular formula is C15H11Cl2N3OS. The highest BCUT2D eigenvalue weighted by molar-refractivity contribution is 7.20. The zero-order valence-electron chi connectivity index (χ0n) is 11.5. The molecule has 112 valence electrons. The van der Waals surface area contributed by atoms with Crippen LogP contribution in [0.2, 0.25) is 9.36 Å². The molecule has 0 radical (unpaired) electrons. The molecule has 7 heteroatoms. The van der Waals surface area contributed by atoms with E-state index in [1.165, 1.54) is 11.3 Å². The number of aryl methyl sites for hydroxylation is 1. The molecule has 0 saturated carbocycles. The predicted octanol–water partition coefficient (Wildman–Crippen LogP) is 4.22. The number of aromatic nitrogens is 2. The summed E-state index contributed by atoms with van der Waals surface area (Å²) in [5, 5.41) is 4.64. The van der Waals surface area contributed by atoms with Crippen molar-refractivity contribution < 1.29 is 4.79 Å². The number of thiophene rings is 1. The quantitative estimate of drug-likeness (QED) is 0.767. The summed E-state index contributed by atoms with van der Waals surface area (Å²) in [5.41, 5.74) is 8.18. The van der Waals surface area contributed by atoms with Crippen molar-refractivity contribution in [2.24, 2.45) is 12.8 Å². The van der Waals surface area contributed by atoms with Crippen LogP contribution in [0.4, 0.5) is 0 Å². The number of halogens is 2. The molecule has 22 heavy (non-hydrogen) atoms. The first-order chi connectivity index (χ1) is 10.5. The molecule has 2 aromatic heterocycles. The van der Waals surface area contributed by atoms with Crippen LogP contribution in [0.25, 0.3) is 21.7 Å². The van der Waals surface area contributed by atoms with Crippen molar-refractivity contribution in [2.45, 2.75) is 0 Å². The number of primary amides is 1. The lowest BCUT2D eigenvalue weighted by atomic mass is 10.0. The minimum Gasteiger partial charge on any atom is -0.366 e. The monoisotopic (exact) mass is 351 g/mol. The summed E-state index contributed by atoms with van der Waals surface area (Å²) in [6, 6.07) is 9.07. The first kappa shape index (κ1) is 15.1. The molecule has 0 fully saturated rings. The first-order valence-corrected chi connectivity index (χ1v) is 7.92. The topological polar surface area (TPSA) is 60.9 Å². The average Bonchev–Trinajstić information content (AvgIpc) is 3.02. The summed E-state index contributed by atoms with van der Waals surface area (Å²) in [4.78, 5) is 12.4. The van der Waals surface area contributed by atoms with Crippen LogP contribution in [-0.4, -0.2) is 15.7 Å². The van der Waals surface area contributed by atoms with Gasteiger partial charge in [0.15, 0.2) is 0 Å². The highest BCUT2D eigenvalue weighted by atomic mass is 35.5. The lowest BCUT2D eigenvalue weighted by Gasteiger charge is -2.03. The summed E-state index contributed by atoms with van der Waals surface area (Å²) in [6.07, 6.45) is 1.57. The maximum Gasteiger partial charge on any atom is 0.249 e. The van der Waals surface area contributed by atoms with Crippen molar-refractivity contribution in [3.63, 3.8) is 0 Å². The third-order valence-electron chi connectivity index (χ3n) is 3.29. The lowest BCUT2D eigenvalue weighted by Crippen LogP contribution is -2.11.